The molecule has 3 nitrogen and oxygen atoms in total. The van der Waals surface area contributed by atoms with Crippen molar-refractivity contribution in [1.29, 1.82) is 0 Å². The standard InChI is InChI=1S/C14H6BrCl2NO2/c15-9-3-1-2-8-13(9)18(20)12(14(8)19)7-4-5-10(16)11(17)6-7/h1-6H. The molecular weight excluding hydrogens is 365 g/mol. The Morgan fingerprint density at radius 3 is 2.50 bits per heavy atom. The quantitative estimate of drug-likeness (QED) is 0.544. The molecule has 0 amide bonds. The molecule has 1 aliphatic heterocycles. The van der Waals surface area contributed by atoms with E-state index in [2.05, 4.69) is 15.9 Å². The van der Waals surface area contributed by atoms with Gasteiger partial charge in [-0.25, -0.2) is 0 Å². The van der Waals surface area contributed by atoms with Crippen LogP contribution in [0.3, 0.4) is 0 Å². The van der Waals surface area contributed by atoms with Gasteiger partial charge in [-0.05, 0) is 46.3 Å². The van der Waals surface area contributed by atoms with Gasteiger partial charge in [0.1, 0.15) is 5.56 Å². The number of rotatable bonds is 1. The molecule has 0 spiro atoms. The molecule has 1 heterocycles. The number of hydrogen-bond donors (Lipinski definition) is 0. The molecule has 6 heteroatoms. The minimum absolute atomic E-state index is 0.0467. The molecule has 0 unspecified atom stereocenters. The van der Waals surface area contributed by atoms with E-state index in [9.17, 15) is 10.0 Å². The molecule has 0 N–H and O–H groups in total. The van der Waals surface area contributed by atoms with Gasteiger partial charge in [0.05, 0.1) is 20.1 Å². The van der Waals surface area contributed by atoms with Crippen LogP contribution in [0, 0.1) is 5.21 Å². The number of fused-ring (bicyclic) bond motifs is 1. The third-order valence-corrected chi connectivity index (χ3v) is 4.42. The predicted octanol–water partition coefficient (Wildman–Crippen LogP) is 4.58. The van der Waals surface area contributed by atoms with Gasteiger partial charge in [-0.15, -0.1) is 0 Å². The van der Waals surface area contributed by atoms with Gasteiger partial charge in [-0.1, -0.05) is 29.3 Å². The van der Waals surface area contributed by atoms with Crippen molar-refractivity contribution in [3.8, 4) is 0 Å². The van der Waals surface area contributed by atoms with Crippen molar-refractivity contribution in [1.82, 2.24) is 0 Å². The average Bonchev–Trinajstić information content (AvgIpc) is 2.67. The number of carbonyl (C=O) groups excluding carboxylic acids is 1. The molecule has 0 aromatic heterocycles. The molecule has 1 aliphatic rings. The Morgan fingerprint density at radius 1 is 1.10 bits per heavy atom. The Kier molecular flexibility index (Phi) is 3.32. The molecule has 0 atom stereocenters. The Bertz CT molecular complexity index is 787. The molecule has 3 rings (SSSR count). The van der Waals surface area contributed by atoms with E-state index in [0.29, 0.717) is 36.1 Å². The normalized spacial score (nSPS) is 13.8. The fraction of sp³-hybridized carbons (Fsp3) is 0. The van der Waals surface area contributed by atoms with Gasteiger partial charge in [-0.3, -0.25) is 4.79 Å². The fourth-order valence-electron chi connectivity index (χ4n) is 2.13. The van der Waals surface area contributed by atoms with Crippen molar-refractivity contribution in [2.45, 2.75) is 0 Å². The van der Waals surface area contributed by atoms with E-state index in [4.69, 9.17) is 23.2 Å². The van der Waals surface area contributed by atoms with Crippen LogP contribution in [0.1, 0.15) is 15.9 Å². The highest BCUT2D eigenvalue weighted by atomic mass is 79.9. The van der Waals surface area contributed by atoms with Crippen LogP contribution in [0.5, 0.6) is 0 Å². The zero-order valence-corrected chi connectivity index (χ0v) is 13.0. The van der Waals surface area contributed by atoms with Gasteiger partial charge < -0.3 is 5.21 Å². The van der Waals surface area contributed by atoms with Crippen molar-refractivity contribution < 1.29 is 9.53 Å². The van der Waals surface area contributed by atoms with Crippen LogP contribution in [0.15, 0.2) is 40.9 Å². The maximum Gasteiger partial charge on any atom is 0.273 e. The van der Waals surface area contributed by atoms with Crippen LogP contribution in [-0.4, -0.2) is 16.2 Å². The van der Waals surface area contributed by atoms with Gasteiger partial charge in [-0.2, -0.15) is 4.74 Å². The van der Waals surface area contributed by atoms with Gasteiger partial charge in [0.2, 0.25) is 5.69 Å². The first-order valence-electron chi connectivity index (χ1n) is 5.63. The highest BCUT2D eigenvalue weighted by Crippen LogP contribution is 2.35. The Balaban J connectivity index is 2.23. The SMILES string of the molecule is O=C1C(c2ccc(Cl)c(Cl)c2)=[N+]([O-])c2c(Br)cccc21. The van der Waals surface area contributed by atoms with Crippen molar-refractivity contribution in [3.05, 3.63) is 67.3 Å². The van der Waals surface area contributed by atoms with Gasteiger partial charge in [0.25, 0.3) is 11.5 Å². The second kappa shape index (κ2) is 4.88. The first-order valence-corrected chi connectivity index (χ1v) is 7.18. The molecule has 0 fully saturated rings. The molecule has 20 heavy (non-hydrogen) atoms. The van der Waals surface area contributed by atoms with Crippen LogP contribution in [0.4, 0.5) is 5.69 Å². The summed E-state index contributed by atoms with van der Waals surface area (Å²) in [6.07, 6.45) is 0. The number of Topliss-reactive ketones (excluding diaryl/α,β-unsaturated/α-hetero) is 1. The fourth-order valence-corrected chi connectivity index (χ4v) is 2.95. The van der Waals surface area contributed by atoms with Crippen molar-refractivity contribution in [2.75, 3.05) is 0 Å². The summed E-state index contributed by atoms with van der Waals surface area (Å²) in [6, 6.07) is 9.73. The molecule has 2 aromatic carbocycles. The van der Waals surface area contributed by atoms with E-state index in [0.717, 1.165) is 0 Å². The molecular formula is C14H6BrCl2NO2. The summed E-state index contributed by atoms with van der Waals surface area (Å²) in [6.45, 7) is 0. The lowest BCUT2D eigenvalue weighted by atomic mass is 10.0. The summed E-state index contributed by atoms with van der Waals surface area (Å²) >= 11 is 15.1. The molecule has 0 bridgehead atoms. The zero-order valence-electron chi connectivity index (χ0n) is 9.86. The summed E-state index contributed by atoms with van der Waals surface area (Å²) in [7, 11) is 0. The highest BCUT2D eigenvalue weighted by molar-refractivity contribution is 9.10. The first kappa shape index (κ1) is 13.6. The topological polar surface area (TPSA) is 43.1 Å². The number of benzene rings is 2. The van der Waals surface area contributed by atoms with E-state index < -0.39 is 0 Å². The highest BCUT2D eigenvalue weighted by Gasteiger charge is 2.38. The molecule has 100 valence electrons. The Labute approximate surface area is 133 Å². The Morgan fingerprint density at radius 2 is 1.85 bits per heavy atom. The van der Waals surface area contributed by atoms with E-state index in [-0.39, 0.29) is 11.5 Å². The minimum Gasteiger partial charge on any atom is -0.618 e. The molecule has 0 radical (unpaired) electrons. The lowest BCUT2D eigenvalue weighted by molar-refractivity contribution is -0.356. The summed E-state index contributed by atoms with van der Waals surface area (Å²) in [5.74, 6) is -0.324. The molecule has 0 saturated carbocycles. The third-order valence-electron chi connectivity index (χ3n) is 3.05. The van der Waals surface area contributed by atoms with Crippen LogP contribution < -0.4 is 0 Å². The van der Waals surface area contributed by atoms with Crippen molar-refractivity contribution in [2.24, 2.45) is 0 Å². The van der Waals surface area contributed by atoms with Gasteiger partial charge >= 0.3 is 0 Å². The third kappa shape index (κ3) is 1.95. The maximum atomic E-state index is 12.4. The monoisotopic (exact) mass is 369 g/mol. The van der Waals surface area contributed by atoms with E-state index in [1.54, 1.807) is 30.3 Å². The lowest BCUT2D eigenvalue weighted by Gasteiger charge is -2.04. The van der Waals surface area contributed by atoms with E-state index >= 15 is 0 Å². The second-order valence-corrected chi connectivity index (χ2v) is 5.91. The number of nitrogens with zero attached hydrogens (tertiary/aromatic N) is 1. The van der Waals surface area contributed by atoms with Crippen LogP contribution in [-0.2, 0) is 0 Å². The number of halogens is 3. The largest absolute Gasteiger partial charge is 0.618 e. The molecule has 0 aliphatic carbocycles. The predicted molar refractivity (Wildman–Crippen MR) is 82.3 cm³/mol. The second-order valence-electron chi connectivity index (χ2n) is 4.24. The molecule has 2 aromatic rings. The van der Waals surface area contributed by atoms with Crippen LogP contribution in [0.2, 0.25) is 10.0 Å². The number of hydrogen-bond acceptors (Lipinski definition) is 2. The van der Waals surface area contributed by atoms with Crippen molar-refractivity contribution in [3.63, 3.8) is 0 Å². The number of ketones is 1. The lowest BCUT2D eigenvalue weighted by Crippen LogP contribution is -2.16. The van der Waals surface area contributed by atoms with E-state index in [1.807, 2.05) is 0 Å². The first-order chi connectivity index (χ1) is 9.50. The summed E-state index contributed by atoms with van der Waals surface area (Å²) in [5, 5.41) is 13.0. The van der Waals surface area contributed by atoms with Crippen LogP contribution in [0.25, 0.3) is 0 Å². The summed E-state index contributed by atoms with van der Waals surface area (Å²) < 4.78 is 1.20. The minimum atomic E-state index is -0.324. The summed E-state index contributed by atoms with van der Waals surface area (Å²) in [5.41, 5.74) is 1.18. The van der Waals surface area contributed by atoms with Gasteiger partial charge in [0, 0.05) is 0 Å². The Hall–Kier alpha value is -1.36. The average molecular weight is 371 g/mol. The zero-order chi connectivity index (χ0) is 14.4. The maximum absolute atomic E-state index is 12.4. The number of carbonyl (C=O) groups is 1. The van der Waals surface area contributed by atoms with Gasteiger partial charge in [0.15, 0.2) is 0 Å². The molecule has 0 saturated heterocycles. The van der Waals surface area contributed by atoms with Crippen molar-refractivity contribution >= 4 is 56.3 Å². The van der Waals surface area contributed by atoms with Crippen LogP contribution >= 0.6 is 39.1 Å². The smallest absolute Gasteiger partial charge is 0.273 e. The number of para-hydroxylation sites is 1. The van der Waals surface area contributed by atoms with E-state index in [1.165, 1.54) is 6.07 Å². The summed E-state index contributed by atoms with van der Waals surface area (Å²) in [4.78, 5) is 12.4.